The van der Waals surface area contributed by atoms with E-state index in [1.165, 1.54) is 0 Å². The van der Waals surface area contributed by atoms with Crippen molar-refractivity contribution in [2.24, 2.45) is 7.05 Å². The van der Waals surface area contributed by atoms with E-state index in [2.05, 4.69) is 4.98 Å². The molecule has 0 spiro atoms. The highest BCUT2D eigenvalue weighted by Gasteiger charge is 2.48. The van der Waals surface area contributed by atoms with Crippen LogP contribution >= 0.6 is 0 Å². The van der Waals surface area contributed by atoms with E-state index in [1.807, 2.05) is 41.1 Å². The number of ether oxygens (including phenoxy) is 2. The third-order valence-corrected chi connectivity index (χ3v) is 5.40. The number of fused-ring (bicyclic) bond motifs is 2. The van der Waals surface area contributed by atoms with E-state index in [0.29, 0.717) is 18.0 Å². The fourth-order valence-electron chi connectivity index (χ4n) is 4.07. The fraction of sp³-hybridized carbons (Fsp3) is 0.368. The molecule has 2 aromatic heterocycles. The topological polar surface area (TPSA) is 78.5 Å². The zero-order valence-electron chi connectivity index (χ0n) is 14.3. The minimum absolute atomic E-state index is 0.0982. The van der Waals surface area contributed by atoms with Gasteiger partial charge in [0.25, 0.3) is 5.56 Å². The van der Waals surface area contributed by atoms with E-state index in [9.17, 15) is 9.90 Å². The zero-order valence-corrected chi connectivity index (χ0v) is 14.3. The molecule has 2 saturated heterocycles. The predicted molar refractivity (Wildman–Crippen MR) is 94.9 cm³/mol. The average Bonchev–Trinajstić information content (AvgIpc) is 3.36. The number of aryl methyl sites for hydroxylation is 1. The van der Waals surface area contributed by atoms with Gasteiger partial charge in [0.1, 0.15) is 24.1 Å². The molecule has 7 heteroatoms. The number of pyridine rings is 1. The second kappa shape index (κ2) is 5.77. The Morgan fingerprint density at radius 1 is 1.19 bits per heavy atom. The lowest BCUT2D eigenvalue weighted by Crippen LogP contribution is -2.30. The number of para-hydroxylation sites is 1. The van der Waals surface area contributed by atoms with Gasteiger partial charge in [0.05, 0.1) is 30.3 Å². The van der Waals surface area contributed by atoms with E-state index in [0.717, 1.165) is 10.9 Å². The molecule has 0 saturated carbocycles. The molecule has 0 bridgehead atoms. The first kappa shape index (κ1) is 15.7. The Kier molecular flexibility index (Phi) is 3.49. The molecular weight excluding hydrogens is 334 g/mol. The Bertz CT molecular complexity index is 1040. The first-order valence-corrected chi connectivity index (χ1v) is 8.68. The van der Waals surface area contributed by atoms with E-state index in [1.54, 1.807) is 17.8 Å². The lowest BCUT2D eigenvalue weighted by atomic mass is 10.1. The van der Waals surface area contributed by atoms with Crippen molar-refractivity contribution >= 4 is 10.9 Å². The average molecular weight is 353 g/mol. The molecule has 5 rings (SSSR count). The van der Waals surface area contributed by atoms with Gasteiger partial charge in [-0.25, -0.2) is 4.98 Å². The lowest BCUT2D eigenvalue weighted by Gasteiger charge is -2.20. The molecule has 1 N–H and O–H groups in total. The highest BCUT2D eigenvalue weighted by molar-refractivity contribution is 5.83. The number of hydrogen-bond donors (Lipinski definition) is 1. The number of rotatable bonds is 2. The van der Waals surface area contributed by atoms with Gasteiger partial charge in [0.2, 0.25) is 0 Å². The van der Waals surface area contributed by atoms with Gasteiger partial charge in [0.15, 0.2) is 0 Å². The second-order valence-corrected chi connectivity index (χ2v) is 6.87. The summed E-state index contributed by atoms with van der Waals surface area (Å²) in [5.74, 6) is 0.593. The van der Waals surface area contributed by atoms with Crippen molar-refractivity contribution in [1.82, 2.24) is 14.1 Å². The molecule has 0 radical (unpaired) electrons. The van der Waals surface area contributed by atoms with Crippen molar-refractivity contribution in [3.63, 3.8) is 0 Å². The molecule has 134 valence electrons. The van der Waals surface area contributed by atoms with Crippen LogP contribution in [-0.4, -0.2) is 50.8 Å². The summed E-state index contributed by atoms with van der Waals surface area (Å²) in [4.78, 5) is 17.4. The molecule has 4 atom stereocenters. The summed E-state index contributed by atoms with van der Waals surface area (Å²) in [6.07, 6.45) is 2.36. The highest BCUT2D eigenvalue weighted by Crippen LogP contribution is 2.36. The lowest BCUT2D eigenvalue weighted by molar-refractivity contribution is 0.0172. The quantitative estimate of drug-likeness (QED) is 0.746. The Hall–Kier alpha value is -2.48. The van der Waals surface area contributed by atoms with Crippen molar-refractivity contribution in [2.75, 3.05) is 13.2 Å². The van der Waals surface area contributed by atoms with Gasteiger partial charge in [-0.3, -0.25) is 4.79 Å². The van der Waals surface area contributed by atoms with Crippen LogP contribution in [0.4, 0.5) is 0 Å². The van der Waals surface area contributed by atoms with E-state index >= 15 is 0 Å². The maximum absolute atomic E-state index is 12.9. The van der Waals surface area contributed by atoms with Crippen molar-refractivity contribution < 1.29 is 14.6 Å². The van der Waals surface area contributed by atoms with E-state index < -0.39 is 6.10 Å². The van der Waals surface area contributed by atoms with Crippen molar-refractivity contribution in [2.45, 2.75) is 24.4 Å². The summed E-state index contributed by atoms with van der Waals surface area (Å²) < 4.78 is 15.1. The largest absolute Gasteiger partial charge is 0.388 e. The van der Waals surface area contributed by atoms with Crippen LogP contribution in [0.15, 0.2) is 47.5 Å². The Morgan fingerprint density at radius 2 is 2.00 bits per heavy atom. The van der Waals surface area contributed by atoms with Gasteiger partial charge in [-0.05, 0) is 17.5 Å². The van der Waals surface area contributed by atoms with Crippen molar-refractivity contribution in [1.29, 1.82) is 0 Å². The Morgan fingerprint density at radius 3 is 2.88 bits per heavy atom. The summed E-state index contributed by atoms with van der Waals surface area (Å²) in [5, 5.41) is 11.0. The van der Waals surface area contributed by atoms with Crippen molar-refractivity contribution in [3.05, 3.63) is 53.1 Å². The van der Waals surface area contributed by atoms with Gasteiger partial charge < -0.3 is 23.7 Å². The van der Waals surface area contributed by atoms with Crippen LogP contribution in [0.3, 0.4) is 0 Å². The third-order valence-electron chi connectivity index (χ3n) is 5.40. The molecule has 0 amide bonds. The van der Waals surface area contributed by atoms with Crippen LogP contribution in [0.2, 0.25) is 0 Å². The monoisotopic (exact) mass is 353 g/mol. The standard InChI is InChI=1S/C19H19N3O4/c1-21-13-5-3-2-4-11(13)8-12(19(21)24)18-20-6-7-22(18)14-9-25-17-15(23)10-26-16(14)17/h2-8,14-17,23H,9-10H2,1H3/t14-,15+,16+,17+/m0/s1. The number of aliphatic hydroxyl groups is 1. The zero-order chi connectivity index (χ0) is 17.8. The molecule has 0 aliphatic carbocycles. The molecule has 2 aliphatic rings. The van der Waals surface area contributed by atoms with E-state index in [-0.39, 0.29) is 30.4 Å². The summed E-state index contributed by atoms with van der Waals surface area (Å²) >= 11 is 0. The number of hydrogen-bond acceptors (Lipinski definition) is 5. The SMILES string of the molecule is Cn1c(=O)c(-c2nccn2[C@H]2CO[C@H]3[C@@H]2OC[C@H]3O)cc2ccccc21. The molecular formula is C19H19N3O4. The molecule has 7 nitrogen and oxygen atoms in total. The van der Waals surface area contributed by atoms with Crippen LogP contribution in [0.1, 0.15) is 6.04 Å². The maximum atomic E-state index is 12.9. The van der Waals surface area contributed by atoms with E-state index in [4.69, 9.17) is 9.47 Å². The Labute approximate surface area is 149 Å². The summed E-state index contributed by atoms with van der Waals surface area (Å²) in [6.45, 7) is 0.692. The predicted octanol–water partition coefficient (Wildman–Crippen LogP) is 1.10. The first-order chi connectivity index (χ1) is 12.6. The molecule has 4 heterocycles. The second-order valence-electron chi connectivity index (χ2n) is 6.87. The number of benzene rings is 1. The minimum atomic E-state index is -0.606. The van der Waals surface area contributed by atoms with Gasteiger partial charge in [-0.1, -0.05) is 18.2 Å². The molecule has 1 aromatic carbocycles. The van der Waals surface area contributed by atoms with Crippen LogP contribution < -0.4 is 5.56 Å². The van der Waals surface area contributed by atoms with Gasteiger partial charge in [-0.2, -0.15) is 0 Å². The number of aliphatic hydroxyl groups excluding tert-OH is 1. The number of imidazole rings is 1. The highest BCUT2D eigenvalue weighted by atomic mass is 16.6. The molecule has 26 heavy (non-hydrogen) atoms. The molecule has 2 fully saturated rings. The minimum Gasteiger partial charge on any atom is -0.388 e. The summed E-state index contributed by atoms with van der Waals surface area (Å²) in [6, 6.07) is 9.54. The van der Waals surface area contributed by atoms with Gasteiger partial charge in [-0.15, -0.1) is 0 Å². The van der Waals surface area contributed by atoms with Crippen molar-refractivity contribution in [3.8, 4) is 11.4 Å². The Balaban J connectivity index is 1.63. The van der Waals surface area contributed by atoms with Crippen LogP contribution in [0, 0.1) is 0 Å². The van der Waals surface area contributed by atoms with Crippen LogP contribution in [0.25, 0.3) is 22.3 Å². The first-order valence-electron chi connectivity index (χ1n) is 8.68. The molecule has 0 unspecified atom stereocenters. The fourth-order valence-corrected chi connectivity index (χ4v) is 4.07. The maximum Gasteiger partial charge on any atom is 0.261 e. The van der Waals surface area contributed by atoms with Crippen LogP contribution in [0.5, 0.6) is 0 Å². The van der Waals surface area contributed by atoms with Crippen LogP contribution in [-0.2, 0) is 16.5 Å². The summed E-state index contributed by atoms with van der Waals surface area (Å²) in [5.41, 5.74) is 1.32. The molecule has 2 aliphatic heterocycles. The normalized spacial score (nSPS) is 27.9. The third kappa shape index (κ3) is 2.18. The number of aromatic nitrogens is 3. The van der Waals surface area contributed by atoms with Gasteiger partial charge in [0, 0.05) is 19.4 Å². The van der Waals surface area contributed by atoms with Gasteiger partial charge >= 0.3 is 0 Å². The summed E-state index contributed by atoms with van der Waals surface area (Å²) in [7, 11) is 1.77. The molecule has 3 aromatic rings. The number of nitrogens with zero attached hydrogens (tertiary/aromatic N) is 3. The smallest absolute Gasteiger partial charge is 0.261 e.